The summed E-state index contributed by atoms with van der Waals surface area (Å²) in [6.45, 7) is 12.6. The molecule has 1 aliphatic heterocycles. The highest BCUT2D eigenvalue weighted by atomic mass is 32.1. The number of thiocarbonyl (C=S) groups is 1. The van der Waals surface area contributed by atoms with E-state index in [9.17, 15) is 0 Å². The van der Waals surface area contributed by atoms with Crippen molar-refractivity contribution in [3.8, 4) is 0 Å². The van der Waals surface area contributed by atoms with Gasteiger partial charge in [-0.05, 0) is 61.6 Å². The van der Waals surface area contributed by atoms with E-state index < -0.39 is 0 Å². The summed E-state index contributed by atoms with van der Waals surface area (Å²) in [4.78, 5) is 0. The topological polar surface area (TPSA) is 27.3 Å². The lowest BCUT2D eigenvalue weighted by molar-refractivity contribution is 0.0894. The molecule has 4 heteroatoms. The van der Waals surface area contributed by atoms with E-state index in [0.29, 0.717) is 11.3 Å². The lowest BCUT2D eigenvalue weighted by Crippen LogP contribution is -2.54. The van der Waals surface area contributed by atoms with Crippen molar-refractivity contribution >= 4 is 17.3 Å². The molecule has 0 aromatic carbocycles. The highest BCUT2D eigenvalue weighted by Crippen LogP contribution is 2.41. The second-order valence-electron chi connectivity index (χ2n) is 8.10. The van der Waals surface area contributed by atoms with E-state index in [0.717, 1.165) is 17.6 Å². The molecule has 1 heterocycles. The molecule has 2 N–H and O–H groups in total. The predicted molar refractivity (Wildman–Crippen MR) is 89.2 cm³/mol. The quantitative estimate of drug-likeness (QED) is 0.778. The van der Waals surface area contributed by atoms with Crippen LogP contribution in [-0.2, 0) is 0 Å². The summed E-state index contributed by atoms with van der Waals surface area (Å²) >= 11 is 5.50. The van der Waals surface area contributed by atoms with Crippen molar-refractivity contribution < 1.29 is 0 Å². The average molecular weight is 298 g/mol. The molecular weight excluding hydrogens is 266 g/mol. The molecule has 0 amide bonds. The van der Waals surface area contributed by atoms with E-state index in [1.54, 1.807) is 0 Å². The van der Waals surface area contributed by atoms with Crippen LogP contribution < -0.4 is 10.7 Å². The molecule has 2 fully saturated rings. The van der Waals surface area contributed by atoms with Crippen LogP contribution in [0.1, 0.15) is 66.7 Å². The minimum absolute atomic E-state index is 0.0375. The van der Waals surface area contributed by atoms with Crippen molar-refractivity contribution in [1.82, 2.24) is 15.8 Å². The Morgan fingerprint density at radius 2 is 1.90 bits per heavy atom. The number of nitrogens with zero attached hydrogens (tertiary/aromatic N) is 1. The Bertz CT molecular complexity index is 351. The molecule has 0 aromatic rings. The highest BCUT2D eigenvalue weighted by Gasteiger charge is 2.44. The van der Waals surface area contributed by atoms with Gasteiger partial charge in [0.25, 0.3) is 0 Å². The van der Waals surface area contributed by atoms with Crippen LogP contribution in [0.5, 0.6) is 0 Å². The molecule has 2 aliphatic rings. The third-order valence-electron chi connectivity index (χ3n) is 4.93. The number of nitrogens with one attached hydrogen (secondary N) is 2. The summed E-state index contributed by atoms with van der Waals surface area (Å²) in [6, 6.07) is 0. The van der Waals surface area contributed by atoms with Gasteiger partial charge in [0.1, 0.15) is 5.66 Å². The van der Waals surface area contributed by atoms with E-state index >= 15 is 0 Å². The van der Waals surface area contributed by atoms with Gasteiger partial charge in [0.2, 0.25) is 0 Å². The van der Waals surface area contributed by atoms with Gasteiger partial charge in [0.05, 0.1) is 0 Å². The maximum atomic E-state index is 5.50. The molecule has 2 rings (SSSR count). The first-order valence-electron chi connectivity index (χ1n) is 8.09. The second-order valence-corrected chi connectivity index (χ2v) is 8.49. The zero-order valence-electron chi connectivity index (χ0n) is 13.8. The second kappa shape index (κ2) is 5.80. The normalized spacial score (nSPS) is 31.2. The van der Waals surface area contributed by atoms with Crippen molar-refractivity contribution in [2.45, 2.75) is 72.4 Å². The minimum atomic E-state index is 0.0375. The van der Waals surface area contributed by atoms with Gasteiger partial charge in [0.15, 0.2) is 5.11 Å². The SMILES string of the molecule is CC(C)CCN1NC2(CCC(C(C)(C)C)CC2)NC1=S. The molecule has 3 nitrogen and oxygen atoms in total. The largest absolute Gasteiger partial charge is 0.342 e. The summed E-state index contributed by atoms with van der Waals surface area (Å²) in [5.74, 6) is 1.54. The van der Waals surface area contributed by atoms with Gasteiger partial charge >= 0.3 is 0 Å². The number of rotatable bonds is 3. The minimum Gasteiger partial charge on any atom is -0.342 e. The Labute approximate surface area is 129 Å². The van der Waals surface area contributed by atoms with Crippen LogP contribution in [0.15, 0.2) is 0 Å². The Hall–Kier alpha value is -0.350. The summed E-state index contributed by atoms with van der Waals surface area (Å²) in [5.41, 5.74) is 4.13. The van der Waals surface area contributed by atoms with Gasteiger partial charge in [-0.2, -0.15) is 0 Å². The van der Waals surface area contributed by atoms with Crippen molar-refractivity contribution in [3.05, 3.63) is 0 Å². The average Bonchev–Trinajstić information content (AvgIpc) is 2.62. The molecule has 1 saturated carbocycles. The van der Waals surface area contributed by atoms with E-state index in [1.165, 1.54) is 32.1 Å². The van der Waals surface area contributed by atoms with Crippen LogP contribution in [-0.4, -0.2) is 22.3 Å². The lowest BCUT2D eigenvalue weighted by atomic mass is 9.70. The molecule has 0 atom stereocenters. The van der Waals surface area contributed by atoms with Gasteiger partial charge < -0.3 is 5.32 Å². The summed E-state index contributed by atoms with van der Waals surface area (Å²) in [6.07, 6.45) is 6.09. The third-order valence-corrected chi connectivity index (χ3v) is 5.26. The van der Waals surface area contributed by atoms with Crippen LogP contribution in [0.2, 0.25) is 0 Å². The molecule has 116 valence electrons. The first-order valence-corrected chi connectivity index (χ1v) is 8.50. The van der Waals surface area contributed by atoms with Crippen molar-refractivity contribution in [1.29, 1.82) is 0 Å². The molecule has 1 aliphatic carbocycles. The Balaban J connectivity index is 1.90. The third kappa shape index (κ3) is 3.64. The number of hydrogen-bond acceptors (Lipinski definition) is 2. The number of hydrogen-bond donors (Lipinski definition) is 2. The molecule has 20 heavy (non-hydrogen) atoms. The van der Waals surface area contributed by atoms with Gasteiger partial charge in [0, 0.05) is 6.54 Å². The highest BCUT2D eigenvalue weighted by molar-refractivity contribution is 7.80. The summed E-state index contributed by atoms with van der Waals surface area (Å²) < 4.78 is 0. The monoisotopic (exact) mass is 297 g/mol. The Morgan fingerprint density at radius 1 is 1.30 bits per heavy atom. The van der Waals surface area contributed by atoms with E-state index in [4.69, 9.17) is 12.2 Å². The van der Waals surface area contributed by atoms with Crippen molar-refractivity contribution in [3.63, 3.8) is 0 Å². The zero-order chi connectivity index (χ0) is 15.0. The maximum absolute atomic E-state index is 5.50. The Kier molecular flexibility index (Phi) is 4.65. The fraction of sp³-hybridized carbons (Fsp3) is 0.938. The summed E-state index contributed by atoms with van der Waals surface area (Å²) in [5, 5.41) is 6.61. The first-order chi connectivity index (χ1) is 9.22. The molecule has 0 bridgehead atoms. The van der Waals surface area contributed by atoms with Gasteiger partial charge in [-0.1, -0.05) is 34.6 Å². The zero-order valence-corrected chi connectivity index (χ0v) is 14.6. The number of hydrazine groups is 1. The maximum Gasteiger partial charge on any atom is 0.185 e. The van der Waals surface area contributed by atoms with E-state index in [-0.39, 0.29) is 5.66 Å². The van der Waals surface area contributed by atoms with Crippen molar-refractivity contribution in [2.75, 3.05) is 6.54 Å². The fourth-order valence-corrected chi connectivity index (χ4v) is 3.70. The lowest BCUT2D eigenvalue weighted by Gasteiger charge is -2.42. The van der Waals surface area contributed by atoms with Crippen LogP contribution >= 0.6 is 12.2 Å². The van der Waals surface area contributed by atoms with Gasteiger partial charge in [-0.3, -0.25) is 5.01 Å². The van der Waals surface area contributed by atoms with E-state index in [2.05, 4.69) is 50.4 Å². The summed E-state index contributed by atoms with van der Waals surface area (Å²) in [7, 11) is 0. The predicted octanol–water partition coefficient (Wildman–Crippen LogP) is 3.66. The molecule has 1 spiro atoms. The van der Waals surface area contributed by atoms with Crippen LogP contribution in [0.4, 0.5) is 0 Å². The molecule has 0 unspecified atom stereocenters. The first kappa shape index (κ1) is 16.0. The van der Waals surface area contributed by atoms with Crippen LogP contribution in [0.25, 0.3) is 0 Å². The molecule has 0 radical (unpaired) electrons. The van der Waals surface area contributed by atoms with Gasteiger partial charge in [-0.15, -0.1) is 0 Å². The standard InChI is InChI=1S/C16H31N3S/c1-12(2)8-11-19-14(20)17-16(18-19)9-6-13(7-10-16)15(3,4)5/h12-13,18H,6-11H2,1-5H3,(H,17,20). The molecule has 0 aromatic heterocycles. The smallest absolute Gasteiger partial charge is 0.185 e. The van der Waals surface area contributed by atoms with Gasteiger partial charge in [-0.25, -0.2) is 5.43 Å². The molecule has 1 saturated heterocycles. The van der Waals surface area contributed by atoms with Crippen LogP contribution in [0.3, 0.4) is 0 Å². The van der Waals surface area contributed by atoms with Crippen LogP contribution in [0, 0.1) is 17.3 Å². The Morgan fingerprint density at radius 3 is 2.40 bits per heavy atom. The molecular formula is C16H31N3S. The van der Waals surface area contributed by atoms with Crippen molar-refractivity contribution in [2.24, 2.45) is 17.3 Å². The van der Waals surface area contributed by atoms with E-state index in [1.807, 2.05) is 0 Å². The fourth-order valence-electron chi connectivity index (χ4n) is 3.37.